The van der Waals surface area contributed by atoms with Crippen molar-refractivity contribution < 1.29 is 24.1 Å². The van der Waals surface area contributed by atoms with Crippen LogP contribution in [0.4, 0.5) is 4.39 Å². The lowest BCUT2D eigenvalue weighted by atomic mass is 10.2. The Hall–Kier alpha value is -1.17. The van der Waals surface area contributed by atoms with E-state index in [1.807, 2.05) is 0 Å². The summed E-state index contributed by atoms with van der Waals surface area (Å²) in [5.74, 6) is -0.206. The van der Waals surface area contributed by atoms with Crippen LogP contribution in [-0.4, -0.2) is 36.6 Å². The number of benzene rings is 1. The van der Waals surface area contributed by atoms with Crippen LogP contribution in [0.25, 0.3) is 0 Å². The molecule has 0 fully saturated rings. The van der Waals surface area contributed by atoms with Crippen LogP contribution in [0.5, 0.6) is 5.75 Å². The highest BCUT2D eigenvalue weighted by molar-refractivity contribution is 5.29. The maximum Gasteiger partial charge on any atom is 0.127 e. The summed E-state index contributed by atoms with van der Waals surface area (Å²) in [5.41, 5.74) is 0.427. The number of halogens is 1. The molecule has 0 heterocycles. The molecule has 0 aromatic heterocycles. The van der Waals surface area contributed by atoms with Crippen molar-refractivity contribution in [3.05, 3.63) is 29.6 Å². The monoisotopic (exact) mass is 230 g/mol. The largest absolute Gasteiger partial charge is 0.491 e. The summed E-state index contributed by atoms with van der Waals surface area (Å²) in [7, 11) is 1.47. The quantitative estimate of drug-likeness (QED) is 0.755. The molecular formula is C11H15FO4. The molecule has 0 amide bonds. The van der Waals surface area contributed by atoms with Gasteiger partial charge in [-0.25, -0.2) is 4.39 Å². The Morgan fingerprint density at radius 3 is 2.69 bits per heavy atom. The van der Waals surface area contributed by atoms with Crippen LogP contribution in [0.15, 0.2) is 18.2 Å². The minimum absolute atomic E-state index is 0.0160. The lowest BCUT2D eigenvalue weighted by molar-refractivity contribution is 0.0324. The van der Waals surface area contributed by atoms with Crippen molar-refractivity contribution in [2.75, 3.05) is 20.3 Å². The molecule has 0 aliphatic heterocycles. The average Bonchev–Trinajstić information content (AvgIpc) is 2.26. The molecule has 2 N–H and O–H groups in total. The van der Waals surface area contributed by atoms with Gasteiger partial charge in [-0.15, -0.1) is 0 Å². The molecule has 16 heavy (non-hydrogen) atoms. The van der Waals surface area contributed by atoms with E-state index in [1.54, 1.807) is 0 Å². The predicted octanol–water partition coefficient (Wildman–Crippen LogP) is 0.704. The number of aliphatic hydroxyl groups excluding tert-OH is 2. The lowest BCUT2D eigenvalue weighted by Crippen LogP contribution is -2.22. The van der Waals surface area contributed by atoms with Gasteiger partial charge in [0.1, 0.15) is 24.3 Å². The van der Waals surface area contributed by atoms with Gasteiger partial charge in [-0.05, 0) is 17.7 Å². The summed E-state index contributed by atoms with van der Waals surface area (Å²) in [6.07, 6.45) is -0.758. The lowest BCUT2D eigenvalue weighted by Gasteiger charge is -2.12. The minimum atomic E-state index is -0.758. The summed E-state index contributed by atoms with van der Waals surface area (Å²) in [4.78, 5) is 0. The standard InChI is InChI=1S/C11H15FO4/c1-15-6-10(14)7-16-11-3-8(5-13)2-9(12)4-11/h2-4,10,13-14H,5-7H2,1H3. The molecule has 0 aliphatic rings. The van der Waals surface area contributed by atoms with E-state index < -0.39 is 11.9 Å². The normalized spacial score (nSPS) is 12.5. The number of rotatable bonds is 6. The third kappa shape index (κ3) is 4.14. The average molecular weight is 230 g/mol. The van der Waals surface area contributed by atoms with Crippen molar-refractivity contribution in [2.45, 2.75) is 12.7 Å². The van der Waals surface area contributed by atoms with E-state index in [9.17, 15) is 9.50 Å². The van der Waals surface area contributed by atoms with Crippen LogP contribution in [0.1, 0.15) is 5.56 Å². The summed E-state index contributed by atoms with van der Waals surface area (Å²) in [6.45, 7) is -0.0842. The van der Waals surface area contributed by atoms with Gasteiger partial charge in [-0.2, -0.15) is 0 Å². The SMILES string of the molecule is COCC(O)COc1cc(F)cc(CO)c1. The molecule has 1 aromatic carbocycles. The number of ether oxygens (including phenoxy) is 2. The molecule has 1 rings (SSSR count). The Labute approximate surface area is 93.2 Å². The van der Waals surface area contributed by atoms with Crippen molar-refractivity contribution in [2.24, 2.45) is 0 Å². The van der Waals surface area contributed by atoms with Crippen LogP contribution >= 0.6 is 0 Å². The van der Waals surface area contributed by atoms with Gasteiger partial charge in [0.05, 0.1) is 13.2 Å². The van der Waals surface area contributed by atoms with Crippen LogP contribution in [0.3, 0.4) is 0 Å². The first-order valence-electron chi connectivity index (χ1n) is 4.86. The fourth-order valence-corrected chi connectivity index (χ4v) is 1.23. The molecule has 1 aromatic rings. The predicted molar refractivity (Wildman–Crippen MR) is 55.7 cm³/mol. The van der Waals surface area contributed by atoms with E-state index in [1.165, 1.54) is 25.3 Å². The van der Waals surface area contributed by atoms with E-state index in [4.69, 9.17) is 14.6 Å². The highest BCUT2D eigenvalue weighted by Crippen LogP contribution is 2.16. The first-order valence-corrected chi connectivity index (χ1v) is 4.86. The Balaban J connectivity index is 2.56. The van der Waals surface area contributed by atoms with Crippen molar-refractivity contribution >= 4 is 0 Å². The Bertz CT molecular complexity index is 330. The fraction of sp³-hybridized carbons (Fsp3) is 0.455. The third-order valence-corrected chi connectivity index (χ3v) is 1.92. The summed E-state index contributed by atoms with van der Waals surface area (Å²) in [6, 6.07) is 3.93. The fourth-order valence-electron chi connectivity index (χ4n) is 1.23. The van der Waals surface area contributed by atoms with Crippen LogP contribution in [0.2, 0.25) is 0 Å². The van der Waals surface area contributed by atoms with Gasteiger partial charge in [0.15, 0.2) is 0 Å². The minimum Gasteiger partial charge on any atom is -0.491 e. The maximum atomic E-state index is 13.0. The molecule has 1 unspecified atom stereocenters. The van der Waals surface area contributed by atoms with Crippen LogP contribution in [-0.2, 0) is 11.3 Å². The van der Waals surface area contributed by atoms with Gasteiger partial charge < -0.3 is 19.7 Å². The summed E-state index contributed by atoms with van der Waals surface area (Å²) >= 11 is 0. The molecule has 0 radical (unpaired) electrons. The topological polar surface area (TPSA) is 58.9 Å². The van der Waals surface area contributed by atoms with Gasteiger partial charge in [0, 0.05) is 13.2 Å². The molecule has 0 aliphatic carbocycles. The van der Waals surface area contributed by atoms with Gasteiger partial charge in [0.2, 0.25) is 0 Å². The third-order valence-electron chi connectivity index (χ3n) is 1.92. The molecule has 0 spiro atoms. The van der Waals surface area contributed by atoms with Gasteiger partial charge in [-0.1, -0.05) is 0 Å². The number of hydrogen-bond acceptors (Lipinski definition) is 4. The van der Waals surface area contributed by atoms with Gasteiger partial charge in [-0.3, -0.25) is 0 Å². The Morgan fingerprint density at radius 2 is 2.06 bits per heavy atom. The number of hydrogen-bond donors (Lipinski definition) is 2. The second-order valence-corrected chi connectivity index (χ2v) is 3.37. The molecule has 5 heteroatoms. The Kier molecular flexibility index (Phi) is 5.18. The van der Waals surface area contributed by atoms with Crippen LogP contribution < -0.4 is 4.74 Å². The van der Waals surface area contributed by atoms with Gasteiger partial charge in [0.25, 0.3) is 0 Å². The smallest absolute Gasteiger partial charge is 0.127 e. The molecule has 1 atom stereocenters. The molecule has 0 saturated heterocycles. The molecule has 90 valence electrons. The van der Waals surface area contributed by atoms with Crippen molar-refractivity contribution in [3.8, 4) is 5.75 Å². The highest BCUT2D eigenvalue weighted by Gasteiger charge is 2.06. The molecule has 4 nitrogen and oxygen atoms in total. The van der Waals surface area contributed by atoms with Crippen molar-refractivity contribution in [1.82, 2.24) is 0 Å². The second-order valence-electron chi connectivity index (χ2n) is 3.37. The summed E-state index contributed by atoms with van der Waals surface area (Å²) < 4.78 is 22.9. The van der Waals surface area contributed by atoms with Crippen molar-refractivity contribution in [1.29, 1.82) is 0 Å². The number of methoxy groups -OCH3 is 1. The molecule has 0 saturated carbocycles. The zero-order chi connectivity index (χ0) is 12.0. The maximum absolute atomic E-state index is 13.0. The van der Waals surface area contributed by atoms with E-state index in [0.29, 0.717) is 5.56 Å². The summed E-state index contributed by atoms with van der Waals surface area (Å²) in [5, 5.41) is 18.2. The number of aliphatic hydroxyl groups is 2. The highest BCUT2D eigenvalue weighted by atomic mass is 19.1. The van der Waals surface area contributed by atoms with Crippen LogP contribution in [0, 0.1) is 5.82 Å². The zero-order valence-electron chi connectivity index (χ0n) is 9.02. The van der Waals surface area contributed by atoms with E-state index in [2.05, 4.69) is 0 Å². The first-order chi connectivity index (χ1) is 7.65. The van der Waals surface area contributed by atoms with E-state index in [-0.39, 0.29) is 25.6 Å². The second kappa shape index (κ2) is 6.42. The molecular weight excluding hydrogens is 215 g/mol. The first kappa shape index (κ1) is 12.9. The Morgan fingerprint density at radius 1 is 1.31 bits per heavy atom. The molecule has 0 bridgehead atoms. The van der Waals surface area contributed by atoms with Gasteiger partial charge >= 0.3 is 0 Å². The van der Waals surface area contributed by atoms with Crippen molar-refractivity contribution in [3.63, 3.8) is 0 Å². The van der Waals surface area contributed by atoms with E-state index in [0.717, 1.165) is 0 Å². The van der Waals surface area contributed by atoms with E-state index >= 15 is 0 Å². The zero-order valence-corrected chi connectivity index (χ0v) is 9.02.